The molecule has 2 heteroatoms. The van der Waals surface area contributed by atoms with Crippen LogP contribution >= 0.6 is 11.3 Å². The van der Waals surface area contributed by atoms with Gasteiger partial charge in [0.2, 0.25) is 0 Å². The molecule has 0 aliphatic heterocycles. The monoisotopic (exact) mass is 237 g/mol. The topological polar surface area (TPSA) is 12.0 Å². The summed E-state index contributed by atoms with van der Waals surface area (Å²) in [5.74, 6) is 0.823. The van der Waals surface area contributed by atoms with Crippen LogP contribution in [-0.4, -0.2) is 12.6 Å². The van der Waals surface area contributed by atoms with Crippen LogP contribution in [0.3, 0.4) is 0 Å². The molecule has 1 heterocycles. The molecule has 2 rings (SSSR count). The first kappa shape index (κ1) is 12.1. The smallest absolute Gasteiger partial charge is 0.00683 e. The van der Waals surface area contributed by atoms with E-state index in [-0.39, 0.29) is 0 Å². The average Bonchev–Trinajstić information content (AvgIpc) is 3.03. The highest BCUT2D eigenvalue weighted by Gasteiger charge is 2.21. The molecule has 0 aromatic carbocycles. The van der Waals surface area contributed by atoms with E-state index in [1.165, 1.54) is 43.5 Å². The normalized spacial score (nSPS) is 17.6. The molecule has 0 spiro atoms. The molecule has 1 atom stereocenters. The fourth-order valence-electron chi connectivity index (χ4n) is 1.99. The van der Waals surface area contributed by atoms with Crippen molar-refractivity contribution in [2.24, 2.45) is 5.92 Å². The van der Waals surface area contributed by atoms with Gasteiger partial charge in [0.1, 0.15) is 0 Å². The molecule has 1 N–H and O–H groups in total. The lowest BCUT2D eigenvalue weighted by molar-refractivity contribution is 0.461. The SMILES string of the molecule is CCc1ccc(CC(CC)CNC2CC2)s1. The van der Waals surface area contributed by atoms with Crippen molar-refractivity contribution in [1.82, 2.24) is 5.32 Å². The third-order valence-electron chi connectivity index (χ3n) is 3.41. The Labute approximate surface area is 103 Å². The third-order valence-corrected chi connectivity index (χ3v) is 4.66. The Morgan fingerprint density at radius 2 is 2.06 bits per heavy atom. The predicted octanol–water partition coefficient (Wildman–Crippen LogP) is 3.63. The van der Waals surface area contributed by atoms with Crippen LogP contribution in [0.2, 0.25) is 0 Å². The summed E-state index contributed by atoms with van der Waals surface area (Å²) in [4.78, 5) is 3.10. The quantitative estimate of drug-likeness (QED) is 0.763. The van der Waals surface area contributed by atoms with Crippen molar-refractivity contribution >= 4 is 11.3 Å². The van der Waals surface area contributed by atoms with Gasteiger partial charge in [-0.1, -0.05) is 20.3 Å². The van der Waals surface area contributed by atoms with Crippen molar-refractivity contribution in [2.75, 3.05) is 6.54 Å². The predicted molar refractivity (Wildman–Crippen MR) is 72.2 cm³/mol. The van der Waals surface area contributed by atoms with E-state index in [9.17, 15) is 0 Å². The molecule has 1 aromatic heterocycles. The van der Waals surface area contributed by atoms with Crippen LogP contribution in [-0.2, 0) is 12.8 Å². The summed E-state index contributed by atoms with van der Waals surface area (Å²) < 4.78 is 0. The lowest BCUT2D eigenvalue weighted by Crippen LogP contribution is -2.25. The van der Waals surface area contributed by atoms with Gasteiger partial charge in [-0.05, 0) is 50.3 Å². The summed E-state index contributed by atoms with van der Waals surface area (Å²) in [6.45, 7) is 5.76. The van der Waals surface area contributed by atoms with Crippen LogP contribution in [0.1, 0.15) is 42.9 Å². The second-order valence-electron chi connectivity index (χ2n) is 4.88. The molecule has 90 valence electrons. The highest BCUT2D eigenvalue weighted by Crippen LogP contribution is 2.23. The van der Waals surface area contributed by atoms with Gasteiger partial charge in [0.15, 0.2) is 0 Å². The van der Waals surface area contributed by atoms with E-state index in [0.717, 1.165) is 12.0 Å². The summed E-state index contributed by atoms with van der Waals surface area (Å²) in [7, 11) is 0. The number of nitrogens with one attached hydrogen (secondary N) is 1. The maximum atomic E-state index is 3.65. The summed E-state index contributed by atoms with van der Waals surface area (Å²) in [6.07, 6.45) is 6.53. The molecule has 1 saturated carbocycles. The lowest BCUT2D eigenvalue weighted by Gasteiger charge is -2.14. The van der Waals surface area contributed by atoms with E-state index in [4.69, 9.17) is 0 Å². The van der Waals surface area contributed by atoms with Gasteiger partial charge in [-0.2, -0.15) is 0 Å². The molecule has 16 heavy (non-hydrogen) atoms. The standard InChI is InChI=1S/C14H23NS/c1-3-11(10-15-12-5-6-12)9-14-8-7-13(4-2)16-14/h7-8,11-12,15H,3-6,9-10H2,1-2H3. The fourth-order valence-corrected chi connectivity index (χ4v) is 3.06. The van der Waals surface area contributed by atoms with Crippen molar-refractivity contribution in [3.8, 4) is 0 Å². The minimum absolute atomic E-state index is 0.823. The van der Waals surface area contributed by atoms with Crippen LogP contribution in [0.15, 0.2) is 12.1 Å². The molecule has 1 aliphatic rings. The maximum Gasteiger partial charge on any atom is 0.00683 e. The van der Waals surface area contributed by atoms with Gasteiger partial charge in [0, 0.05) is 15.8 Å². The van der Waals surface area contributed by atoms with Crippen LogP contribution in [0, 0.1) is 5.92 Å². The number of thiophene rings is 1. The Hall–Kier alpha value is -0.340. The lowest BCUT2D eigenvalue weighted by atomic mass is 10.0. The molecular weight excluding hydrogens is 214 g/mol. The fraction of sp³-hybridized carbons (Fsp3) is 0.714. The maximum absolute atomic E-state index is 3.65. The molecule has 1 fully saturated rings. The third kappa shape index (κ3) is 3.60. The first-order valence-electron chi connectivity index (χ1n) is 6.62. The van der Waals surface area contributed by atoms with Gasteiger partial charge in [0.05, 0.1) is 0 Å². The molecule has 1 unspecified atom stereocenters. The largest absolute Gasteiger partial charge is 0.314 e. The molecule has 1 aliphatic carbocycles. The first-order chi connectivity index (χ1) is 7.81. The molecular formula is C14H23NS. The van der Waals surface area contributed by atoms with Gasteiger partial charge in [-0.3, -0.25) is 0 Å². The van der Waals surface area contributed by atoms with Gasteiger partial charge in [0.25, 0.3) is 0 Å². The van der Waals surface area contributed by atoms with Crippen LogP contribution in [0.25, 0.3) is 0 Å². The summed E-state index contributed by atoms with van der Waals surface area (Å²) in [5, 5.41) is 3.65. The number of rotatable bonds is 7. The van der Waals surface area contributed by atoms with Crippen molar-refractivity contribution < 1.29 is 0 Å². The summed E-state index contributed by atoms with van der Waals surface area (Å²) in [6, 6.07) is 5.47. The minimum Gasteiger partial charge on any atom is -0.314 e. The Bertz CT molecular complexity index is 314. The zero-order valence-corrected chi connectivity index (χ0v) is 11.3. The zero-order valence-electron chi connectivity index (χ0n) is 10.5. The Morgan fingerprint density at radius 1 is 1.31 bits per heavy atom. The Balaban J connectivity index is 1.79. The number of hydrogen-bond donors (Lipinski definition) is 1. The Morgan fingerprint density at radius 3 is 2.62 bits per heavy atom. The van der Waals surface area contributed by atoms with Crippen LogP contribution in [0.5, 0.6) is 0 Å². The second-order valence-corrected chi connectivity index (χ2v) is 6.14. The highest BCUT2D eigenvalue weighted by atomic mass is 32.1. The zero-order chi connectivity index (χ0) is 11.4. The molecule has 0 radical (unpaired) electrons. The van der Waals surface area contributed by atoms with Gasteiger partial charge < -0.3 is 5.32 Å². The highest BCUT2D eigenvalue weighted by molar-refractivity contribution is 7.11. The van der Waals surface area contributed by atoms with Crippen LogP contribution < -0.4 is 5.32 Å². The van der Waals surface area contributed by atoms with Crippen molar-refractivity contribution in [3.63, 3.8) is 0 Å². The van der Waals surface area contributed by atoms with E-state index in [0.29, 0.717) is 0 Å². The molecule has 0 amide bonds. The van der Waals surface area contributed by atoms with Crippen molar-refractivity contribution in [2.45, 2.75) is 52.0 Å². The molecule has 0 saturated heterocycles. The summed E-state index contributed by atoms with van der Waals surface area (Å²) in [5.41, 5.74) is 0. The molecule has 0 bridgehead atoms. The van der Waals surface area contributed by atoms with Gasteiger partial charge >= 0.3 is 0 Å². The van der Waals surface area contributed by atoms with E-state index < -0.39 is 0 Å². The van der Waals surface area contributed by atoms with Crippen molar-refractivity contribution in [1.29, 1.82) is 0 Å². The van der Waals surface area contributed by atoms with E-state index in [2.05, 4.69) is 31.3 Å². The molecule has 1 aromatic rings. The van der Waals surface area contributed by atoms with E-state index in [1.54, 1.807) is 4.88 Å². The summed E-state index contributed by atoms with van der Waals surface area (Å²) >= 11 is 2.00. The van der Waals surface area contributed by atoms with E-state index in [1.807, 2.05) is 11.3 Å². The molecule has 1 nitrogen and oxygen atoms in total. The van der Waals surface area contributed by atoms with Gasteiger partial charge in [-0.25, -0.2) is 0 Å². The number of hydrogen-bond acceptors (Lipinski definition) is 2. The number of aryl methyl sites for hydroxylation is 1. The van der Waals surface area contributed by atoms with Gasteiger partial charge in [-0.15, -0.1) is 11.3 Å². The minimum atomic E-state index is 0.823. The van der Waals surface area contributed by atoms with Crippen molar-refractivity contribution in [3.05, 3.63) is 21.9 Å². The van der Waals surface area contributed by atoms with E-state index >= 15 is 0 Å². The van der Waals surface area contributed by atoms with Crippen LogP contribution in [0.4, 0.5) is 0 Å². The second kappa shape index (κ2) is 5.83. The Kier molecular flexibility index (Phi) is 4.42. The first-order valence-corrected chi connectivity index (χ1v) is 7.44. The average molecular weight is 237 g/mol.